The average Bonchev–Trinajstić information content (AvgIpc) is 3.07. The minimum Gasteiger partial charge on any atom is -0.468 e. The number of hydrogen-bond donors (Lipinski definition) is 0. The molecule has 3 aliphatic heterocycles. The van der Waals surface area contributed by atoms with Crippen molar-refractivity contribution in [1.29, 1.82) is 0 Å². The highest BCUT2D eigenvalue weighted by Crippen LogP contribution is 2.55. The van der Waals surface area contributed by atoms with Gasteiger partial charge in [-0.2, -0.15) is 0 Å². The van der Waals surface area contributed by atoms with Gasteiger partial charge in [-0.05, 0) is 6.42 Å². The topological polar surface area (TPSA) is 88.1 Å². The van der Waals surface area contributed by atoms with E-state index in [4.69, 9.17) is 18.9 Å². The molecule has 0 N–H and O–H groups in total. The first-order valence-electron chi connectivity index (χ1n) is 7.11. The largest absolute Gasteiger partial charge is 0.468 e. The van der Waals surface area contributed by atoms with Crippen LogP contribution >= 0.6 is 0 Å². The van der Waals surface area contributed by atoms with Gasteiger partial charge < -0.3 is 18.9 Å². The lowest BCUT2D eigenvalue weighted by atomic mass is 9.74. The fraction of sp³-hybridized carbons (Fsp3) is 0.786. The molecule has 0 aromatic carbocycles. The summed E-state index contributed by atoms with van der Waals surface area (Å²) in [7, 11) is 1.23. The molecule has 0 aromatic heterocycles. The molecule has 7 heteroatoms. The Morgan fingerprint density at radius 3 is 2.81 bits per heavy atom. The molecule has 0 amide bonds. The predicted molar refractivity (Wildman–Crippen MR) is 66.9 cm³/mol. The van der Waals surface area contributed by atoms with Crippen LogP contribution in [0.5, 0.6) is 0 Å². The van der Waals surface area contributed by atoms with E-state index in [1.165, 1.54) is 7.11 Å². The van der Waals surface area contributed by atoms with Crippen LogP contribution in [0.1, 0.15) is 26.7 Å². The predicted octanol–water partition coefficient (Wildman–Crippen LogP) is 0.200. The maximum Gasteiger partial charge on any atom is 0.326 e. The third-order valence-electron chi connectivity index (χ3n) is 4.74. The molecule has 0 saturated carbocycles. The molecular weight excluding hydrogens is 280 g/mol. The molecule has 6 atom stereocenters. The molecule has 21 heavy (non-hydrogen) atoms. The van der Waals surface area contributed by atoms with Crippen LogP contribution in [-0.2, 0) is 33.3 Å². The van der Waals surface area contributed by atoms with Gasteiger partial charge in [0.25, 0.3) is 0 Å². The maximum absolute atomic E-state index is 12.1. The number of esters is 3. The Morgan fingerprint density at radius 1 is 1.48 bits per heavy atom. The van der Waals surface area contributed by atoms with Crippen LogP contribution < -0.4 is 0 Å². The fourth-order valence-corrected chi connectivity index (χ4v) is 3.30. The van der Waals surface area contributed by atoms with Crippen molar-refractivity contribution < 1.29 is 33.3 Å². The molecule has 0 radical (unpaired) electrons. The Hall–Kier alpha value is -1.63. The third kappa shape index (κ3) is 1.73. The fourth-order valence-electron chi connectivity index (χ4n) is 3.30. The Labute approximate surface area is 121 Å². The second-order valence-electron chi connectivity index (χ2n) is 5.84. The number of hydrogen-bond acceptors (Lipinski definition) is 7. The van der Waals surface area contributed by atoms with E-state index in [1.807, 2.05) is 6.92 Å². The quantitative estimate of drug-likeness (QED) is 0.416. The van der Waals surface area contributed by atoms with E-state index >= 15 is 0 Å². The van der Waals surface area contributed by atoms with Crippen molar-refractivity contribution in [3.05, 3.63) is 0 Å². The molecule has 3 heterocycles. The Kier molecular flexibility index (Phi) is 3.20. The van der Waals surface area contributed by atoms with Gasteiger partial charge in [-0.1, -0.05) is 13.8 Å². The van der Waals surface area contributed by atoms with Gasteiger partial charge >= 0.3 is 17.9 Å². The van der Waals surface area contributed by atoms with Gasteiger partial charge in [-0.3, -0.25) is 14.4 Å². The summed E-state index contributed by atoms with van der Waals surface area (Å²) in [4.78, 5) is 36.0. The van der Waals surface area contributed by atoms with Gasteiger partial charge in [0, 0.05) is 6.42 Å². The molecule has 6 unspecified atom stereocenters. The minimum absolute atomic E-state index is 0.137. The van der Waals surface area contributed by atoms with Crippen molar-refractivity contribution in [2.75, 3.05) is 7.11 Å². The van der Waals surface area contributed by atoms with E-state index in [0.29, 0.717) is 6.42 Å². The average molecular weight is 298 g/mol. The van der Waals surface area contributed by atoms with Crippen molar-refractivity contribution in [1.82, 2.24) is 0 Å². The van der Waals surface area contributed by atoms with Crippen LogP contribution in [0.15, 0.2) is 0 Å². The molecule has 116 valence electrons. The lowest BCUT2D eigenvalue weighted by Gasteiger charge is -2.27. The summed E-state index contributed by atoms with van der Waals surface area (Å²) in [6.45, 7) is 3.66. The van der Waals surface area contributed by atoms with Crippen molar-refractivity contribution in [3.63, 3.8) is 0 Å². The molecule has 3 aliphatic rings. The van der Waals surface area contributed by atoms with Crippen LogP contribution in [0.2, 0.25) is 0 Å². The van der Waals surface area contributed by atoms with E-state index in [1.54, 1.807) is 6.92 Å². The first-order chi connectivity index (χ1) is 9.95. The number of carbonyl (C=O) groups excluding carboxylic acids is 3. The molecule has 2 bridgehead atoms. The standard InChI is InChI=1S/C14H18O7/c1-4-6(2)11(15)20-8-7-5-14(12(16)18-3)10(19-7)9(8)21-13(14)17/h6-10H,4-5H2,1-3H3. The Balaban J connectivity index is 1.80. The summed E-state index contributed by atoms with van der Waals surface area (Å²) in [5.41, 5.74) is -1.39. The van der Waals surface area contributed by atoms with Crippen LogP contribution in [0.4, 0.5) is 0 Å². The maximum atomic E-state index is 12.1. The van der Waals surface area contributed by atoms with Crippen LogP contribution in [0.3, 0.4) is 0 Å². The van der Waals surface area contributed by atoms with Crippen molar-refractivity contribution in [2.45, 2.75) is 51.1 Å². The number of ether oxygens (including phenoxy) is 4. The molecule has 0 aromatic rings. The highest BCUT2D eigenvalue weighted by molar-refractivity contribution is 6.03. The van der Waals surface area contributed by atoms with Gasteiger partial charge in [0.15, 0.2) is 17.6 Å². The molecule has 3 fully saturated rings. The van der Waals surface area contributed by atoms with Gasteiger partial charge in [0.05, 0.1) is 13.0 Å². The zero-order chi connectivity index (χ0) is 15.4. The van der Waals surface area contributed by atoms with Gasteiger partial charge in [-0.25, -0.2) is 0 Å². The molecule has 3 rings (SSSR count). The van der Waals surface area contributed by atoms with Crippen LogP contribution in [0, 0.1) is 11.3 Å². The summed E-state index contributed by atoms with van der Waals surface area (Å²) >= 11 is 0. The number of rotatable bonds is 4. The van der Waals surface area contributed by atoms with E-state index in [2.05, 4.69) is 0 Å². The van der Waals surface area contributed by atoms with Gasteiger partial charge in [0.2, 0.25) is 0 Å². The summed E-state index contributed by atoms with van der Waals surface area (Å²) in [6.07, 6.45) is -1.78. The van der Waals surface area contributed by atoms with E-state index in [-0.39, 0.29) is 18.3 Å². The van der Waals surface area contributed by atoms with E-state index in [0.717, 1.165) is 0 Å². The van der Waals surface area contributed by atoms with Crippen LogP contribution in [-0.4, -0.2) is 49.4 Å². The lowest BCUT2D eigenvalue weighted by molar-refractivity contribution is -0.166. The molecule has 0 aliphatic carbocycles. The summed E-state index contributed by atoms with van der Waals surface area (Å²) in [6, 6.07) is 0. The zero-order valence-corrected chi connectivity index (χ0v) is 12.2. The third-order valence-corrected chi connectivity index (χ3v) is 4.74. The van der Waals surface area contributed by atoms with Crippen LogP contribution in [0.25, 0.3) is 0 Å². The molecule has 0 spiro atoms. The molecule has 3 saturated heterocycles. The minimum atomic E-state index is -1.39. The zero-order valence-electron chi connectivity index (χ0n) is 12.2. The van der Waals surface area contributed by atoms with Crippen molar-refractivity contribution in [2.24, 2.45) is 11.3 Å². The first kappa shape index (κ1) is 14.3. The smallest absolute Gasteiger partial charge is 0.326 e. The van der Waals surface area contributed by atoms with Gasteiger partial charge in [-0.15, -0.1) is 0 Å². The van der Waals surface area contributed by atoms with E-state index in [9.17, 15) is 14.4 Å². The summed E-state index contributed by atoms with van der Waals surface area (Å²) < 4.78 is 21.1. The second kappa shape index (κ2) is 4.69. The van der Waals surface area contributed by atoms with Gasteiger partial charge in [0.1, 0.15) is 12.2 Å². The first-order valence-corrected chi connectivity index (χ1v) is 7.11. The highest BCUT2D eigenvalue weighted by Gasteiger charge is 2.77. The highest BCUT2D eigenvalue weighted by atomic mass is 16.7. The Bertz CT molecular complexity index is 502. The second-order valence-corrected chi connectivity index (χ2v) is 5.84. The van der Waals surface area contributed by atoms with Crippen molar-refractivity contribution >= 4 is 17.9 Å². The SMILES string of the molecule is CCC(C)C(=O)OC1C2CC3(C(=O)OC)C(=O)OC1C3O2. The summed E-state index contributed by atoms with van der Waals surface area (Å²) in [5, 5.41) is 0. The molecular formula is C14H18O7. The van der Waals surface area contributed by atoms with E-state index < -0.39 is 41.8 Å². The van der Waals surface area contributed by atoms with Crippen molar-refractivity contribution in [3.8, 4) is 0 Å². The Morgan fingerprint density at radius 2 is 2.19 bits per heavy atom. The number of carbonyl (C=O) groups is 3. The molecule has 7 nitrogen and oxygen atoms in total. The lowest BCUT2D eigenvalue weighted by Crippen LogP contribution is -2.49. The number of methoxy groups -OCH3 is 1. The summed E-state index contributed by atoms with van der Waals surface area (Å²) in [5.74, 6) is -1.86. The monoisotopic (exact) mass is 298 g/mol. The normalized spacial score (nSPS) is 40.8. The number of fused-ring (bicyclic) bond motifs is 1.